The molecule has 0 saturated heterocycles. The van der Waals surface area contributed by atoms with Crippen molar-refractivity contribution in [2.45, 2.75) is 16.2 Å². The van der Waals surface area contributed by atoms with Crippen LogP contribution in [0, 0.1) is 5.82 Å². The molecule has 0 aliphatic rings. The van der Waals surface area contributed by atoms with Crippen LogP contribution in [0.2, 0.25) is 5.02 Å². The Kier molecular flexibility index (Phi) is 7.11. The van der Waals surface area contributed by atoms with Crippen molar-refractivity contribution in [2.24, 2.45) is 0 Å². The lowest BCUT2D eigenvalue weighted by Crippen LogP contribution is -2.34. The maximum atomic E-state index is 13.1. The average molecular weight is 477 g/mol. The van der Waals surface area contributed by atoms with Gasteiger partial charge >= 0.3 is 6.36 Å². The van der Waals surface area contributed by atoms with E-state index >= 15 is 0 Å². The van der Waals surface area contributed by atoms with Crippen LogP contribution in [0.25, 0.3) is 0 Å². The number of hydrogen-bond donors (Lipinski definition) is 2. The molecule has 2 rings (SSSR count). The van der Waals surface area contributed by atoms with E-state index in [-0.39, 0.29) is 22.9 Å². The third kappa shape index (κ3) is 6.82. The molecule has 0 spiro atoms. The summed E-state index contributed by atoms with van der Waals surface area (Å²) in [5.74, 6) is -1.40. The fourth-order valence-electron chi connectivity index (χ4n) is 2.00. The van der Waals surface area contributed by atoms with Crippen LogP contribution < -0.4 is 14.2 Å². The molecule has 2 aromatic rings. The molecule has 0 heterocycles. The van der Waals surface area contributed by atoms with Gasteiger partial charge < -0.3 is 4.74 Å². The molecule has 29 heavy (non-hydrogen) atoms. The van der Waals surface area contributed by atoms with Crippen LogP contribution in [0.3, 0.4) is 0 Å². The van der Waals surface area contributed by atoms with Crippen LogP contribution in [0.5, 0.6) is 5.75 Å². The number of ether oxygens (including phenoxy) is 1. The van der Waals surface area contributed by atoms with Gasteiger partial charge in [0, 0.05) is 13.1 Å². The maximum Gasteiger partial charge on any atom is 0.573 e. The number of benzene rings is 2. The Morgan fingerprint density at radius 3 is 1.83 bits per heavy atom. The first kappa shape index (κ1) is 23.3. The van der Waals surface area contributed by atoms with Crippen molar-refractivity contribution in [3.05, 3.63) is 53.3 Å². The summed E-state index contributed by atoms with van der Waals surface area (Å²) in [6.45, 7) is -0.719. The molecular formula is C15H13ClF4N2O5S2. The topological polar surface area (TPSA) is 102 Å². The third-order valence-electron chi connectivity index (χ3n) is 3.28. The lowest BCUT2D eigenvalue weighted by Gasteiger charge is -2.11. The molecule has 2 aromatic carbocycles. The Morgan fingerprint density at radius 1 is 0.862 bits per heavy atom. The van der Waals surface area contributed by atoms with Gasteiger partial charge in [0.15, 0.2) is 0 Å². The minimum Gasteiger partial charge on any atom is -0.406 e. The molecule has 0 atom stereocenters. The summed E-state index contributed by atoms with van der Waals surface area (Å²) in [7, 11) is -8.17. The van der Waals surface area contributed by atoms with Gasteiger partial charge in [-0.1, -0.05) is 11.6 Å². The van der Waals surface area contributed by atoms with Gasteiger partial charge in [-0.3, -0.25) is 0 Å². The minimum absolute atomic E-state index is 0.313. The lowest BCUT2D eigenvalue weighted by atomic mass is 10.3. The van der Waals surface area contributed by atoms with Crippen LogP contribution in [0.15, 0.2) is 52.3 Å². The smallest absolute Gasteiger partial charge is 0.406 e. The van der Waals surface area contributed by atoms with E-state index in [1.165, 1.54) is 0 Å². The molecule has 0 aliphatic heterocycles. The second-order valence-electron chi connectivity index (χ2n) is 5.39. The van der Waals surface area contributed by atoms with Crippen LogP contribution in [0.4, 0.5) is 17.6 Å². The highest BCUT2D eigenvalue weighted by atomic mass is 35.5. The van der Waals surface area contributed by atoms with E-state index < -0.39 is 43.0 Å². The van der Waals surface area contributed by atoms with E-state index in [4.69, 9.17) is 11.6 Å². The molecule has 0 aromatic heterocycles. The molecule has 0 radical (unpaired) electrons. The fraction of sp³-hybridized carbons (Fsp3) is 0.200. The summed E-state index contributed by atoms with van der Waals surface area (Å²) < 4.78 is 106. The zero-order valence-corrected chi connectivity index (χ0v) is 16.6. The highest BCUT2D eigenvalue weighted by Gasteiger charge is 2.31. The molecule has 0 unspecified atom stereocenters. The number of hydrogen-bond acceptors (Lipinski definition) is 5. The third-order valence-corrected chi connectivity index (χ3v) is 6.50. The SMILES string of the molecule is O=S(=O)(NCCNS(=O)(=O)c1ccc(F)c(Cl)c1)c1ccc(OC(F)(F)F)cc1. The first-order valence-corrected chi connectivity index (χ1v) is 10.9. The number of nitrogens with one attached hydrogen (secondary N) is 2. The Labute approximate surface area is 168 Å². The quantitative estimate of drug-likeness (QED) is 0.450. The first-order chi connectivity index (χ1) is 13.3. The van der Waals surface area contributed by atoms with Gasteiger partial charge in [-0.2, -0.15) is 0 Å². The standard InChI is InChI=1S/C15H13ClF4N2O5S2/c16-13-9-12(5-6-14(13)17)29(25,26)22-8-7-21-28(23,24)11-3-1-10(2-4-11)27-15(18,19)20/h1-6,9,21-22H,7-8H2. The summed E-state index contributed by atoms with van der Waals surface area (Å²) in [6.07, 6.45) is -4.91. The van der Waals surface area contributed by atoms with E-state index in [0.717, 1.165) is 42.5 Å². The van der Waals surface area contributed by atoms with Crippen molar-refractivity contribution in [2.75, 3.05) is 13.1 Å². The lowest BCUT2D eigenvalue weighted by molar-refractivity contribution is -0.274. The zero-order valence-electron chi connectivity index (χ0n) is 14.2. The van der Waals surface area contributed by atoms with Gasteiger partial charge in [0.2, 0.25) is 20.0 Å². The van der Waals surface area contributed by atoms with E-state index in [0.29, 0.717) is 0 Å². The Hall–Kier alpha value is -1.93. The van der Waals surface area contributed by atoms with Gasteiger partial charge in [0.05, 0.1) is 14.8 Å². The summed E-state index contributed by atoms with van der Waals surface area (Å²) in [5.41, 5.74) is 0. The summed E-state index contributed by atoms with van der Waals surface area (Å²) in [5, 5.41) is -0.397. The molecule has 160 valence electrons. The Morgan fingerprint density at radius 2 is 1.34 bits per heavy atom. The monoisotopic (exact) mass is 476 g/mol. The van der Waals surface area contributed by atoms with Crippen molar-refractivity contribution in [1.29, 1.82) is 0 Å². The van der Waals surface area contributed by atoms with Crippen LogP contribution in [-0.2, 0) is 20.0 Å². The zero-order chi connectivity index (χ0) is 21.9. The Bertz CT molecular complexity index is 1070. The normalized spacial score (nSPS) is 12.7. The molecule has 0 bridgehead atoms. The average Bonchev–Trinajstić information content (AvgIpc) is 2.60. The Balaban J connectivity index is 1.94. The van der Waals surface area contributed by atoms with Crippen LogP contribution in [0.1, 0.15) is 0 Å². The summed E-state index contributed by atoms with van der Waals surface area (Å²) >= 11 is 5.53. The first-order valence-electron chi connectivity index (χ1n) is 7.60. The molecule has 0 fully saturated rings. The molecule has 7 nitrogen and oxygen atoms in total. The van der Waals surface area contributed by atoms with E-state index in [1.807, 2.05) is 0 Å². The molecule has 0 saturated carbocycles. The molecule has 0 amide bonds. The van der Waals surface area contributed by atoms with Crippen molar-refractivity contribution >= 4 is 31.6 Å². The van der Waals surface area contributed by atoms with Crippen molar-refractivity contribution in [3.8, 4) is 5.75 Å². The number of alkyl halides is 3. The highest BCUT2D eigenvalue weighted by molar-refractivity contribution is 7.89. The second kappa shape index (κ2) is 8.83. The number of rotatable bonds is 8. The van der Waals surface area contributed by atoms with Crippen molar-refractivity contribution in [3.63, 3.8) is 0 Å². The molecule has 2 N–H and O–H groups in total. The van der Waals surface area contributed by atoms with E-state index in [2.05, 4.69) is 14.2 Å². The van der Waals surface area contributed by atoms with Gasteiger partial charge in [0.25, 0.3) is 0 Å². The van der Waals surface area contributed by atoms with Gasteiger partial charge in [-0.15, -0.1) is 13.2 Å². The molecule has 0 aliphatic carbocycles. The van der Waals surface area contributed by atoms with E-state index in [9.17, 15) is 34.4 Å². The summed E-state index contributed by atoms with van der Waals surface area (Å²) in [6, 6.07) is 6.19. The molecular weight excluding hydrogens is 464 g/mol. The predicted octanol–water partition coefficient (Wildman–Crippen LogP) is 2.63. The van der Waals surface area contributed by atoms with E-state index in [1.54, 1.807) is 0 Å². The van der Waals surface area contributed by atoms with Crippen LogP contribution >= 0.6 is 11.6 Å². The van der Waals surface area contributed by atoms with Gasteiger partial charge in [-0.25, -0.2) is 30.7 Å². The molecule has 14 heteroatoms. The number of halogens is 5. The fourth-order valence-corrected chi connectivity index (χ4v) is 4.34. The van der Waals surface area contributed by atoms with Crippen molar-refractivity contribution in [1.82, 2.24) is 9.44 Å². The van der Waals surface area contributed by atoms with Crippen LogP contribution in [-0.4, -0.2) is 36.3 Å². The largest absolute Gasteiger partial charge is 0.573 e. The van der Waals surface area contributed by atoms with Gasteiger partial charge in [-0.05, 0) is 42.5 Å². The van der Waals surface area contributed by atoms with Crippen molar-refractivity contribution < 1.29 is 39.1 Å². The second-order valence-corrected chi connectivity index (χ2v) is 9.33. The summed E-state index contributed by atoms with van der Waals surface area (Å²) in [4.78, 5) is -0.660. The minimum atomic E-state index is -4.91. The highest BCUT2D eigenvalue weighted by Crippen LogP contribution is 2.24. The number of sulfonamides is 2. The predicted molar refractivity (Wildman–Crippen MR) is 94.9 cm³/mol. The maximum absolute atomic E-state index is 13.1. The van der Waals surface area contributed by atoms with Gasteiger partial charge in [0.1, 0.15) is 11.6 Å².